The van der Waals surface area contributed by atoms with Crippen molar-refractivity contribution in [2.45, 2.75) is 20.4 Å². The smallest absolute Gasteiger partial charge is 0.268 e. The Morgan fingerprint density at radius 3 is 2.65 bits per heavy atom. The predicted octanol–water partition coefficient (Wildman–Crippen LogP) is 2.51. The maximum absolute atomic E-state index is 11.7. The Balaban J connectivity index is 2.31. The molecule has 88 valence electrons. The Morgan fingerprint density at radius 1 is 1.24 bits per heavy atom. The molecule has 0 unspecified atom stereocenters. The van der Waals surface area contributed by atoms with Gasteiger partial charge in [-0.1, -0.05) is 18.2 Å². The van der Waals surface area contributed by atoms with Gasteiger partial charge in [-0.3, -0.25) is 4.79 Å². The zero-order valence-corrected chi connectivity index (χ0v) is 11.9. The minimum absolute atomic E-state index is 0.0601. The molecule has 2 aromatic rings. The molecule has 0 aliphatic heterocycles. The van der Waals surface area contributed by atoms with Crippen LogP contribution < -0.4 is 5.56 Å². The van der Waals surface area contributed by atoms with Gasteiger partial charge in [0.1, 0.15) is 0 Å². The second-order valence-electron chi connectivity index (χ2n) is 4.09. The summed E-state index contributed by atoms with van der Waals surface area (Å²) < 4.78 is 2.34. The van der Waals surface area contributed by atoms with E-state index in [2.05, 4.69) is 53.7 Å². The third-order valence-corrected chi connectivity index (χ3v) is 3.33. The minimum atomic E-state index is -0.0601. The highest BCUT2D eigenvalue weighted by molar-refractivity contribution is 14.1. The summed E-state index contributed by atoms with van der Waals surface area (Å²) in [5, 5.41) is 4.12. The molecule has 3 nitrogen and oxygen atoms in total. The molecule has 0 aliphatic carbocycles. The maximum atomic E-state index is 11.7. The molecule has 0 radical (unpaired) electrons. The first-order valence-corrected chi connectivity index (χ1v) is 6.43. The molecule has 17 heavy (non-hydrogen) atoms. The number of aromatic nitrogens is 2. The van der Waals surface area contributed by atoms with Gasteiger partial charge < -0.3 is 0 Å². The normalized spacial score (nSPS) is 10.5. The van der Waals surface area contributed by atoms with Crippen molar-refractivity contribution >= 4 is 22.6 Å². The summed E-state index contributed by atoms with van der Waals surface area (Å²) in [6.07, 6.45) is 1.70. The lowest BCUT2D eigenvalue weighted by Crippen LogP contribution is -2.22. The third kappa shape index (κ3) is 2.94. The molecule has 0 aliphatic rings. The SMILES string of the molecule is Cc1ccc(Cn2ncc(I)cc2=O)cc1C. The number of halogens is 1. The van der Waals surface area contributed by atoms with Crippen molar-refractivity contribution in [3.63, 3.8) is 0 Å². The van der Waals surface area contributed by atoms with Crippen LogP contribution in [0.25, 0.3) is 0 Å². The average molecular weight is 340 g/mol. The number of hydrogen-bond acceptors (Lipinski definition) is 2. The number of hydrogen-bond donors (Lipinski definition) is 0. The summed E-state index contributed by atoms with van der Waals surface area (Å²) in [6.45, 7) is 4.67. The Kier molecular flexibility index (Phi) is 3.61. The molecule has 1 heterocycles. The van der Waals surface area contributed by atoms with Crippen LogP contribution in [0.4, 0.5) is 0 Å². The van der Waals surface area contributed by atoms with Crippen LogP contribution in [0.3, 0.4) is 0 Å². The second-order valence-corrected chi connectivity index (χ2v) is 5.33. The summed E-state index contributed by atoms with van der Waals surface area (Å²) in [4.78, 5) is 11.7. The Labute approximate surface area is 114 Å². The molecule has 1 aromatic carbocycles. The number of nitrogens with zero attached hydrogens (tertiary/aromatic N) is 2. The van der Waals surface area contributed by atoms with Crippen molar-refractivity contribution in [2.24, 2.45) is 0 Å². The predicted molar refractivity (Wildman–Crippen MR) is 76.2 cm³/mol. The van der Waals surface area contributed by atoms with Crippen molar-refractivity contribution in [1.29, 1.82) is 0 Å². The summed E-state index contributed by atoms with van der Waals surface area (Å²) in [5.41, 5.74) is 3.54. The molecule has 1 aromatic heterocycles. The third-order valence-electron chi connectivity index (χ3n) is 2.74. The fourth-order valence-electron chi connectivity index (χ4n) is 1.61. The lowest BCUT2D eigenvalue weighted by Gasteiger charge is -2.06. The van der Waals surface area contributed by atoms with Gasteiger partial charge in [0.15, 0.2) is 0 Å². The van der Waals surface area contributed by atoms with Gasteiger partial charge in [-0.2, -0.15) is 5.10 Å². The van der Waals surface area contributed by atoms with Crippen LogP contribution in [0.2, 0.25) is 0 Å². The highest BCUT2D eigenvalue weighted by Crippen LogP contribution is 2.10. The molecule has 0 N–H and O–H groups in total. The lowest BCUT2D eigenvalue weighted by molar-refractivity contribution is 0.636. The van der Waals surface area contributed by atoms with Gasteiger partial charge in [0.25, 0.3) is 5.56 Å². The van der Waals surface area contributed by atoms with Gasteiger partial charge >= 0.3 is 0 Å². The first kappa shape index (κ1) is 12.3. The quantitative estimate of drug-likeness (QED) is 0.788. The minimum Gasteiger partial charge on any atom is -0.268 e. The molecule has 4 heteroatoms. The topological polar surface area (TPSA) is 34.9 Å². The van der Waals surface area contributed by atoms with Crippen LogP contribution in [0.5, 0.6) is 0 Å². The van der Waals surface area contributed by atoms with Crippen molar-refractivity contribution in [3.05, 3.63) is 61.1 Å². The van der Waals surface area contributed by atoms with Gasteiger partial charge in [0, 0.05) is 9.64 Å². The Morgan fingerprint density at radius 2 is 2.00 bits per heavy atom. The van der Waals surface area contributed by atoms with E-state index in [9.17, 15) is 4.79 Å². The average Bonchev–Trinajstić information content (AvgIpc) is 2.27. The first-order valence-electron chi connectivity index (χ1n) is 5.35. The van der Waals surface area contributed by atoms with Crippen molar-refractivity contribution in [2.75, 3.05) is 0 Å². The molecule has 0 spiro atoms. The molecule has 0 atom stereocenters. The monoisotopic (exact) mass is 340 g/mol. The molecular formula is C13H13IN2O. The summed E-state index contributed by atoms with van der Waals surface area (Å²) in [6, 6.07) is 7.80. The van der Waals surface area contributed by atoms with Crippen LogP contribution in [-0.4, -0.2) is 9.78 Å². The van der Waals surface area contributed by atoms with E-state index in [1.54, 1.807) is 12.3 Å². The molecule has 0 bridgehead atoms. The molecular weight excluding hydrogens is 327 g/mol. The number of benzene rings is 1. The van der Waals surface area contributed by atoms with Gasteiger partial charge in [-0.25, -0.2) is 4.68 Å². The lowest BCUT2D eigenvalue weighted by atomic mass is 10.1. The fraction of sp³-hybridized carbons (Fsp3) is 0.231. The summed E-state index contributed by atoms with van der Waals surface area (Å²) in [5.74, 6) is 0. The molecule has 0 saturated heterocycles. The van der Waals surface area contributed by atoms with E-state index in [0.29, 0.717) is 6.54 Å². The number of rotatable bonds is 2. The van der Waals surface area contributed by atoms with E-state index < -0.39 is 0 Å². The summed E-state index contributed by atoms with van der Waals surface area (Å²) >= 11 is 2.09. The van der Waals surface area contributed by atoms with E-state index in [1.807, 2.05) is 6.07 Å². The van der Waals surface area contributed by atoms with E-state index >= 15 is 0 Å². The maximum Gasteiger partial charge on any atom is 0.268 e. The van der Waals surface area contributed by atoms with Crippen LogP contribution in [-0.2, 0) is 6.54 Å². The van der Waals surface area contributed by atoms with Crippen molar-refractivity contribution in [3.8, 4) is 0 Å². The van der Waals surface area contributed by atoms with Crippen LogP contribution in [0, 0.1) is 17.4 Å². The second kappa shape index (κ2) is 5.00. The standard InChI is InChI=1S/C13H13IN2O/c1-9-3-4-11(5-10(9)2)8-16-13(17)6-12(14)7-15-16/h3-7H,8H2,1-2H3. The van der Waals surface area contributed by atoms with Gasteiger partial charge in [0.2, 0.25) is 0 Å². The summed E-state index contributed by atoms with van der Waals surface area (Å²) in [7, 11) is 0. The zero-order chi connectivity index (χ0) is 12.4. The van der Waals surface area contributed by atoms with E-state index in [-0.39, 0.29) is 5.56 Å². The number of aryl methyl sites for hydroxylation is 2. The van der Waals surface area contributed by atoms with Crippen molar-refractivity contribution < 1.29 is 0 Å². The van der Waals surface area contributed by atoms with Crippen LogP contribution >= 0.6 is 22.6 Å². The largest absolute Gasteiger partial charge is 0.268 e. The Bertz CT molecular complexity index is 605. The molecule has 0 amide bonds. The van der Waals surface area contributed by atoms with Crippen LogP contribution in [0.1, 0.15) is 16.7 Å². The molecule has 0 saturated carbocycles. The highest BCUT2D eigenvalue weighted by atomic mass is 127. The van der Waals surface area contributed by atoms with Gasteiger partial charge in [-0.05, 0) is 53.1 Å². The van der Waals surface area contributed by atoms with Gasteiger partial charge in [-0.15, -0.1) is 0 Å². The fourth-order valence-corrected chi connectivity index (χ4v) is 2.00. The van der Waals surface area contributed by atoms with E-state index in [0.717, 1.165) is 9.13 Å². The highest BCUT2D eigenvalue weighted by Gasteiger charge is 2.01. The Hall–Kier alpha value is -1.17. The zero-order valence-electron chi connectivity index (χ0n) is 9.77. The first-order chi connectivity index (χ1) is 8.06. The molecule has 0 fully saturated rings. The van der Waals surface area contributed by atoms with Crippen molar-refractivity contribution in [1.82, 2.24) is 9.78 Å². The van der Waals surface area contributed by atoms with E-state index in [1.165, 1.54) is 15.8 Å². The van der Waals surface area contributed by atoms with Crippen LogP contribution in [0.15, 0.2) is 35.3 Å². The molecule has 2 rings (SSSR count). The van der Waals surface area contributed by atoms with E-state index in [4.69, 9.17) is 0 Å². The van der Waals surface area contributed by atoms with Gasteiger partial charge in [0.05, 0.1) is 12.7 Å².